The lowest BCUT2D eigenvalue weighted by atomic mass is 9.96. The van der Waals surface area contributed by atoms with Crippen LogP contribution in [0.1, 0.15) is 19.3 Å². The summed E-state index contributed by atoms with van der Waals surface area (Å²) in [6.45, 7) is -0.133. The van der Waals surface area contributed by atoms with E-state index in [1.807, 2.05) is 6.08 Å². The van der Waals surface area contributed by atoms with Gasteiger partial charge in [0.25, 0.3) is 0 Å². The van der Waals surface area contributed by atoms with E-state index in [1.165, 1.54) is 14.1 Å². The van der Waals surface area contributed by atoms with E-state index in [2.05, 4.69) is 47.1 Å². The Labute approximate surface area is 146 Å². The van der Waals surface area contributed by atoms with Crippen molar-refractivity contribution >= 4 is 17.4 Å². The average molecular weight is 346 g/mol. The van der Waals surface area contributed by atoms with Crippen molar-refractivity contribution in [3.63, 3.8) is 0 Å². The normalized spacial score (nSPS) is 19.4. The molecule has 1 unspecified atom stereocenters. The van der Waals surface area contributed by atoms with Gasteiger partial charge in [0, 0.05) is 19.7 Å². The smallest absolute Gasteiger partial charge is 0.200 e. The summed E-state index contributed by atoms with van der Waals surface area (Å²) in [4.78, 5) is 26.6. The number of hydrogen-bond acceptors (Lipinski definition) is 8. The molecule has 134 valence electrons. The van der Waals surface area contributed by atoms with Gasteiger partial charge in [-0.25, -0.2) is 10.9 Å². The molecule has 0 aromatic heterocycles. The minimum absolute atomic E-state index is 0.119. The van der Waals surface area contributed by atoms with Crippen LogP contribution >= 0.6 is 0 Å². The fraction of sp³-hybridized carbons (Fsp3) is 0.533. The van der Waals surface area contributed by atoms with E-state index in [9.17, 15) is 4.91 Å². The van der Waals surface area contributed by atoms with Crippen LogP contribution in [0.15, 0.2) is 42.0 Å². The summed E-state index contributed by atoms with van der Waals surface area (Å²) in [6.07, 6.45) is 4.57. The Morgan fingerprint density at radius 3 is 2.84 bits per heavy atom. The second-order valence-corrected chi connectivity index (χ2v) is 4.91. The van der Waals surface area contributed by atoms with Gasteiger partial charge < -0.3 is 5.73 Å². The van der Waals surface area contributed by atoms with E-state index in [0.717, 1.165) is 24.8 Å². The maximum absolute atomic E-state index is 10.4. The predicted molar refractivity (Wildman–Crippen MR) is 97.5 cm³/mol. The molecular weight excluding hydrogens is 324 g/mol. The number of nitrogens with two attached hydrogens (primary N) is 2. The molecule has 0 aliphatic heterocycles. The largest absolute Gasteiger partial charge is 0.382 e. The molecule has 4 N–H and O–H groups in total. The molecule has 10 nitrogen and oxygen atoms in total. The summed E-state index contributed by atoms with van der Waals surface area (Å²) >= 11 is 0. The highest BCUT2D eigenvalue weighted by atomic mass is 16.6. The first-order valence-electron chi connectivity index (χ1n) is 7.61. The van der Waals surface area contributed by atoms with Gasteiger partial charge >= 0.3 is 0 Å². The first-order valence-corrected chi connectivity index (χ1v) is 7.61. The maximum atomic E-state index is 10.4. The van der Waals surface area contributed by atoms with Crippen molar-refractivity contribution in [2.24, 2.45) is 42.0 Å². The van der Waals surface area contributed by atoms with Gasteiger partial charge in [-0.1, -0.05) is 11.8 Å². The number of amidine groups is 2. The lowest BCUT2D eigenvalue weighted by molar-refractivity contribution is 0.173. The third-order valence-electron chi connectivity index (χ3n) is 3.24. The number of rotatable bonds is 6. The number of allylic oxidation sites excluding steroid dienone is 1. The zero-order valence-corrected chi connectivity index (χ0v) is 14.3. The van der Waals surface area contributed by atoms with Gasteiger partial charge in [-0.2, -0.15) is 5.11 Å². The van der Waals surface area contributed by atoms with E-state index in [0.29, 0.717) is 0 Å². The molecule has 0 radical (unpaired) electrons. The highest BCUT2D eigenvalue weighted by Gasteiger charge is 2.15. The van der Waals surface area contributed by atoms with Crippen molar-refractivity contribution in [2.45, 2.75) is 25.3 Å². The molecule has 0 saturated carbocycles. The third-order valence-corrected chi connectivity index (χ3v) is 3.24. The number of azo groups is 1. The first kappa shape index (κ1) is 20.3. The van der Waals surface area contributed by atoms with Crippen LogP contribution < -0.4 is 11.6 Å². The second kappa shape index (κ2) is 11.7. The molecule has 10 heteroatoms. The monoisotopic (exact) mass is 346 g/mol. The zero-order chi connectivity index (χ0) is 18.5. The zero-order valence-electron chi connectivity index (χ0n) is 14.3. The maximum Gasteiger partial charge on any atom is 0.200 e. The van der Waals surface area contributed by atoms with E-state index in [4.69, 9.17) is 11.6 Å². The topological polar surface area (TPSA) is 152 Å². The standard InChI is InChI=1S/C15H22N8O2/c1-18-13(14(16)19-2)15(20-10-21-24)23-22-12-7-3-5-11(9-12)6-4-8-25-17/h9,12H,3,5,7-8,10,17H2,1-2H3,(H2,16,19). The quantitative estimate of drug-likeness (QED) is 0.184. The Balaban J connectivity index is 2.98. The lowest BCUT2D eigenvalue weighted by Gasteiger charge is -2.14. The summed E-state index contributed by atoms with van der Waals surface area (Å²) in [5.41, 5.74) is 6.99. The van der Waals surface area contributed by atoms with Crippen molar-refractivity contribution in [1.82, 2.24) is 0 Å². The highest BCUT2D eigenvalue weighted by Crippen LogP contribution is 2.20. The van der Waals surface area contributed by atoms with Crippen LogP contribution in [0.3, 0.4) is 0 Å². The Hall–Kier alpha value is -2.77. The van der Waals surface area contributed by atoms with Crippen LogP contribution in [0.2, 0.25) is 0 Å². The van der Waals surface area contributed by atoms with Crippen LogP contribution in [0, 0.1) is 16.7 Å². The van der Waals surface area contributed by atoms with Gasteiger partial charge in [-0.05, 0) is 30.5 Å². The van der Waals surface area contributed by atoms with Crippen LogP contribution in [-0.2, 0) is 4.84 Å². The molecule has 1 rings (SSSR count). The van der Waals surface area contributed by atoms with E-state index in [1.54, 1.807) is 0 Å². The fourth-order valence-electron chi connectivity index (χ4n) is 2.10. The number of nitrogens with zero attached hydrogens (tertiary/aromatic N) is 6. The molecule has 25 heavy (non-hydrogen) atoms. The number of hydrogen-bond donors (Lipinski definition) is 2. The average Bonchev–Trinajstić information content (AvgIpc) is 2.64. The summed E-state index contributed by atoms with van der Waals surface area (Å²) in [5.74, 6) is 11.0. The molecule has 0 bridgehead atoms. The van der Waals surface area contributed by atoms with Crippen LogP contribution in [0.4, 0.5) is 0 Å². The third kappa shape index (κ3) is 7.11. The molecule has 1 aliphatic carbocycles. The van der Waals surface area contributed by atoms with Gasteiger partial charge in [0.05, 0.1) is 6.04 Å². The molecule has 1 atom stereocenters. The molecule has 0 amide bonds. The van der Waals surface area contributed by atoms with Crippen molar-refractivity contribution in [1.29, 1.82) is 0 Å². The first-order chi connectivity index (χ1) is 12.2. The Morgan fingerprint density at radius 2 is 2.20 bits per heavy atom. The summed E-state index contributed by atoms with van der Waals surface area (Å²) in [5, 5.41) is 11.1. The molecule has 0 heterocycles. The lowest BCUT2D eigenvalue weighted by Crippen LogP contribution is -2.30. The molecule has 0 fully saturated rings. The van der Waals surface area contributed by atoms with Gasteiger partial charge in [0.15, 0.2) is 6.67 Å². The number of nitroso groups, excluding NO2 is 1. The van der Waals surface area contributed by atoms with Crippen LogP contribution in [0.25, 0.3) is 0 Å². The second-order valence-electron chi connectivity index (χ2n) is 4.91. The highest BCUT2D eigenvalue weighted by molar-refractivity contribution is 6.67. The van der Waals surface area contributed by atoms with Crippen molar-refractivity contribution in [2.75, 3.05) is 27.4 Å². The minimum atomic E-state index is -0.305. The fourth-order valence-corrected chi connectivity index (χ4v) is 2.10. The Kier molecular flexibility index (Phi) is 9.50. The van der Waals surface area contributed by atoms with Gasteiger partial charge in [0.2, 0.25) is 5.84 Å². The van der Waals surface area contributed by atoms with E-state index < -0.39 is 0 Å². The Morgan fingerprint density at radius 1 is 1.40 bits per heavy atom. The molecule has 1 aliphatic rings. The Bertz CT molecular complexity index is 667. The van der Waals surface area contributed by atoms with Crippen molar-refractivity contribution in [3.05, 3.63) is 16.6 Å². The SMILES string of the molecule is CN=C(N)C(=NC)C(N=NC1C=C(C#CCON)CCC1)=NCN=O. The molecule has 0 aromatic rings. The van der Waals surface area contributed by atoms with E-state index >= 15 is 0 Å². The minimum Gasteiger partial charge on any atom is -0.382 e. The molecule has 0 saturated heterocycles. The van der Waals surface area contributed by atoms with Gasteiger partial charge in [-0.3, -0.25) is 14.8 Å². The molecular formula is C15H22N8O2. The van der Waals surface area contributed by atoms with Gasteiger partial charge in [0.1, 0.15) is 18.2 Å². The predicted octanol–water partition coefficient (Wildman–Crippen LogP) is 0.991. The van der Waals surface area contributed by atoms with E-state index in [-0.39, 0.29) is 36.7 Å². The van der Waals surface area contributed by atoms with Crippen molar-refractivity contribution < 1.29 is 4.84 Å². The summed E-state index contributed by atoms with van der Waals surface area (Å²) < 4.78 is 0. The van der Waals surface area contributed by atoms with Crippen molar-refractivity contribution in [3.8, 4) is 11.8 Å². The van der Waals surface area contributed by atoms with Crippen LogP contribution in [-0.4, -0.2) is 50.8 Å². The molecule has 0 spiro atoms. The summed E-state index contributed by atoms with van der Waals surface area (Å²) in [7, 11) is 3.05. The summed E-state index contributed by atoms with van der Waals surface area (Å²) in [6, 6.07) is -0.149. The van der Waals surface area contributed by atoms with Crippen LogP contribution in [0.5, 0.6) is 0 Å². The molecule has 0 aromatic carbocycles. The number of aliphatic imine (C=N–C) groups is 3. The van der Waals surface area contributed by atoms with Gasteiger partial charge in [-0.15, -0.1) is 10.0 Å².